The fraction of sp³-hybridized carbons (Fsp3) is 0.529. The molecule has 4 nitrogen and oxygen atoms in total. The van der Waals surface area contributed by atoms with E-state index in [1.807, 2.05) is 24.3 Å². The van der Waals surface area contributed by atoms with Crippen LogP contribution in [0.5, 0.6) is 0 Å². The lowest BCUT2D eigenvalue weighted by atomic mass is 9.88. The summed E-state index contributed by atoms with van der Waals surface area (Å²) in [6, 6.07) is 7.89. The van der Waals surface area contributed by atoms with Crippen molar-refractivity contribution in [2.24, 2.45) is 0 Å². The quantitative estimate of drug-likeness (QED) is 0.840. The molecule has 2 N–H and O–H groups in total. The predicted molar refractivity (Wildman–Crippen MR) is 86.1 cm³/mol. The second kappa shape index (κ2) is 6.32. The fourth-order valence-corrected chi connectivity index (χ4v) is 4.66. The minimum atomic E-state index is -1.07. The summed E-state index contributed by atoms with van der Waals surface area (Å²) in [6.45, 7) is 0. The Hall–Kier alpha value is -1.49. The first-order valence-corrected chi connectivity index (χ1v) is 8.88. The predicted octanol–water partition coefficient (Wildman–Crippen LogP) is 3.17. The second-order valence-electron chi connectivity index (χ2n) is 6.19. The van der Waals surface area contributed by atoms with Crippen LogP contribution in [0.25, 0.3) is 0 Å². The number of benzene rings is 1. The van der Waals surface area contributed by atoms with Gasteiger partial charge in [0.1, 0.15) is 5.54 Å². The van der Waals surface area contributed by atoms with E-state index in [9.17, 15) is 14.7 Å². The van der Waals surface area contributed by atoms with E-state index in [-0.39, 0.29) is 11.8 Å². The number of hydrogen-bond acceptors (Lipinski definition) is 3. The monoisotopic (exact) mass is 319 g/mol. The van der Waals surface area contributed by atoms with Crippen molar-refractivity contribution in [3.8, 4) is 0 Å². The van der Waals surface area contributed by atoms with Gasteiger partial charge in [0.05, 0.1) is 5.92 Å². The van der Waals surface area contributed by atoms with Gasteiger partial charge in [-0.1, -0.05) is 43.9 Å². The highest BCUT2D eigenvalue weighted by atomic mass is 32.2. The lowest BCUT2D eigenvalue weighted by Gasteiger charge is -2.30. The fourth-order valence-electron chi connectivity index (χ4n) is 3.43. The summed E-state index contributed by atoms with van der Waals surface area (Å²) in [7, 11) is 0. The molecule has 3 rings (SSSR count). The molecule has 1 amide bonds. The molecular formula is C17H21NO3S. The maximum atomic E-state index is 12.7. The van der Waals surface area contributed by atoms with Gasteiger partial charge in [-0.2, -0.15) is 0 Å². The van der Waals surface area contributed by atoms with E-state index in [1.54, 1.807) is 11.8 Å². The number of carboxylic acid groups (broad SMARTS) is 1. The van der Waals surface area contributed by atoms with Crippen LogP contribution >= 0.6 is 11.8 Å². The third-order valence-corrected chi connectivity index (χ3v) is 5.93. The average Bonchev–Trinajstić information content (AvgIpc) is 2.80. The van der Waals surface area contributed by atoms with Crippen LogP contribution in [0.1, 0.15) is 50.0 Å². The summed E-state index contributed by atoms with van der Waals surface area (Å²) in [5, 5.41) is 12.6. The van der Waals surface area contributed by atoms with Gasteiger partial charge >= 0.3 is 5.97 Å². The summed E-state index contributed by atoms with van der Waals surface area (Å²) in [5.74, 6) is -0.565. The number of carboxylic acids is 1. The topological polar surface area (TPSA) is 66.4 Å². The summed E-state index contributed by atoms with van der Waals surface area (Å²) in [4.78, 5) is 25.6. The molecule has 0 aromatic heterocycles. The Balaban J connectivity index is 1.79. The van der Waals surface area contributed by atoms with E-state index in [2.05, 4.69) is 5.32 Å². The van der Waals surface area contributed by atoms with Gasteiger partial charge in [0, 0.05) is 10.6 Å². The molecule has 1 aromatic rings. The van der Waals surface area contributed by atoms with Crippen LogP contribution in [-0.4, -0.2) is 28.3 Å². The molecule has 22 heavy (non-hydrogen) atoms. The first-order valence-electron chi connectivity index (χ1n) is 7.89. The largest absolute Gasteiger partial charge is 0.480 e. The minimum Gasteiger partial charge on any atom is -0.480 e. The molecule has 1 fully saturated rings. The van der Waals surface area contributed by atoms with Crippen molar-refractivity contribution >= 4 is 23.6 Å². The van der Waals surface area contributed by atoms with Crippen LogP contribution in [0.15, 0.2) is 29.2 Å². The van der Waals surface area contributed by atoms with Crippen molar-refractivity contribution in [2.75, 3.05) is 5.75 Å². The van der Waals surface area contributed by atoms with Crippen molar-refractivity contribution in [3.05, 3.63) is 29.8 Å². The first kappa shape index (κ1) is 15.4. The number of carbonyl (C=O) groups excluding carboxylic acids is 1. The van der Waals surface area contributed by atoms with Crippen molar-refractivity contribution in [1.29, 1.82) is 0 Å². The second-order valence-corrected chi connectivity index (χ2v) is 7.25. The van der Waals surface area contributed by atoms with Gasteiger partial charge in [-0.3, -0.25) is 4.79 Å². The van der Waals surface area contributed by atoms with Crippen LogP contribution in [0.4, 0.5) is 0 Å². The summed E-state index contributed by atoms with van der Waals surface area (Å²) in [6.07, 6.45) is 4.90. The number of hydrogen-bond donors (Lipinski definition) is 2. The highest BCUT2D eigenvalue weighted by molar-refractivity contribution is 7.99. The normalized spacial score (nSPS) is 23.4. The van der Waals surface area contributed by atoms with Crippen molar-refractivity contribution in [1.82, 2.24) is 5.32 Å². The molecule has 1 heterocycles. The standard InChI is InChI=1S/C17H21NO3S/c19-15(13-11-22-14-8-4-3-7-12(13)14)18-17(16(20)21)9-5-1-2-6-10-17/h3-4,7-8,13H,1-2,5-6,9-11H2,(H,18,19)(H,20,21). The summed E-state index contributed by atoms with van der Waals surface area (Å²) in [5.41, 5.74) is -0.0466. The van der Waals surface area contributed by atoms with Crippen LogP contribution in [0, 0.1) is 0 Å². The lowest BCUT2D eigenvalue weighted by molar-refractivity contribution is -0.148. The molecule has 1 atom stereocenters. The van der Waals surface area contributed by atoms with Gasteiger partial charge in [0.2, 0.25) is 5.91 Å². The molecule has 0 radical (unpaired) electrons. The Morgan fingerprint density at radius 3 is 2.50 bits per heavy atom. The van der Waals surface area contributed by atoms with E-state index in [0.717, 1.165) is 36.1 Å². The zero-order valence-electron chi connectivity index (χ0n) is 12.5. The summed E-state index contributed by atoms with van der Waals surface area (Å²) >= 11 is 1.67. The highest BCUT2D eigenvalue weighted by Crippen LogP contribution is 2.40. The number of nitrogens with one attached hydrogen (secondary N) is 1. The third-order valence-electron chi connectivity index (χ3n) is 4.75. The van der Waals surface area contributed by atoms with Crippen molar-refractivity contribution in [3.63, 3.8) is 0 Å². The molecule has 5 heteroatoms. The molecule has 1 aromatic carbocycles. The number of thioether (sulfide) groups is 1. The van der Waals surface area contributed by atoms with E-state index >= 15 is 0 Å². The van der Waals surface area contributed by atoms with Crippen LogP contribution < -0.4 is 5.32 Å². The molecule has 0 saturated heterocycles. The maximum Gasteiger partial charge on any atom is 0.329 e. The Labute approximate surface area is 134 Å². The van der Waals surface area contributed by atoms with Crippen LogP contribution in [-0.2, 0) is 9.59 Å². The van der Waals surface area contributed by atoms with Gasteiger partial charge in [-0.05, 0) is 24.5 Å². The van der Waals surface area contributed by atoms with Gasteiger partial charge in [0.15, 0.2) is 0 Å². The molecule has 1 aliphatic heterocycles. The van der Waals surface area contributed by atoms with Gasteiger partial charge in [-0.15, -0.1) is 11.8 Å². The number of fused-ring (bicyclic) bond motifs is 1. The van der Waals surface area contributed by atoms with Gasteiger partial charge in [0.25, 0.3) is 0 Å². The third kappa shape index (κ3) is 2.86. The molecule has 2 aliphatic rings. The smallest absolute Gasteiger partial charge is 0.329 e. The zero-order valence-corrected chi connectivity index (χ0v) is 13.3. The Morgan fingerprint density at radius 2 is 1.82 bits per heavy atom. The van der Waals surface area contributed by atoms with E-state index in [0.29, 0.717) is 18.6 Å². The van der Waals surface area contributed by atoms with Crippen LogP contribution in [0.2, 0.25) is 0 Å². The number of rotatable bonds is 3. The van der Waals surface area contributed by atoms with E-state index in [4.69, 9.17) is 0 Å². The highest BCUT2D eigenvalue weighted by Gasteiger charge is 2.42. The van der Waals surface area contributed by atoms with Crippen LogP contribution in [0.3, 0.4) is 0 Å². The number of carbonyl (C=O) groups is 2. The average molecular weight is 319 g/mol. The van der Waals surface area contributed by atoms with Gasteiger partial charge in [-0.25, -0.2) is 4.79 Å². The first-order chi connectivity index (χ1) is 10.6. The molecule has 1 unspecified atom stereocenters. The molecular weight excluding hydrogens is 298 g/mol. The Bertz CT molecular complexity index is 579. The Kier molecular flexibility index (Phi) is 4.43. The van der Waals surface area contributed by atoms with E-state index in [1.165, 1.54) is 0 Å². The minimum absolute atomic E-state index is 0.137. The van der Waals surface area contributed by atoms with Crippen molar-refractivity contribution in [2.45, 2.75) is 54.9 Å². The lowest BCUT2D eigenvalue weighted by Crippen LogP contribution is -2.55. The van der Waals surface area contributed by atoms with Crippen molar-refractivity contribution < 1.29 is 14.7 Å². The van der Waals surface area contributed by atoms with Gasteiger partial charge < -0.3 is 10.4 Å². The van der Waals surface area contributed by atoms with E-state index < -0.39 is 11.5 Å². The Morgan fingerprint density at radius 1 is 1.14 bits per heavy atom. The molecule has 1 saturated carbocycles. The molecule has 1 aliphatic carbocycles. The molecule has 0 bridgehead atoms. The number of aliphatic carboxylic acids is 1. The number of amides is 1. The molecule has 118 valence electrons. The maximum absolute atomic E-state index is 12.7. The molecule has 0 spiro atoms. The zero-order chi connectivity index (χ0) is 15.6. The summed E-state index contributed by atoms with van der Waals surface area (Å²) < 4.78 is 0. The SMILES string of the molecule is O=C(NC1(C(=O)O)CCCCCC1)C1CSc2ccccc21.